The van der Waals surface area contributed by atoms with Crippen LogP contribution in [0.4, 0.5) is 4.39 Å². The van der Waals surface area contributed by atoms with E-state index in [9.17, 15) is 4.39 Å². The molecule has 0 spiro atoms. The van der Waals surface area contributed by atoms with Gasteiger partial charge >= 0.3 is 0 Å². The molecule has 0 aliphatic heterocycles. The number of hydrogen-bond acceptors (Lipinski definition) is 1. The third kappa shape index (κ3) is 4.95. The van der Waals surface area contributed by atoms with Crippen LogP contribution >= 0.6 is 45.2 Å². The molecule has 0 bridgehead atoms. The van der Waals surface area contributed by atoms with Crippen molar-refractivity contribution in [1.82, 2.24) is 0 Å². The van der Waals surface area contributed by atoms with Gasteiger partial charge in [-0.15, -0.1) is 0 Å². The predicted molar refractivity (Wildman–Crippen MR) is 133 cm³/mol. The molecule has 0 aliphatic carbocycles. The third-order valence-electron chi connectivity index (χ3n) is 4.20. The molecule has 0 heterocycles. The number of hydrogen-bond donors (Lipinski definition) is 0. The SMILES string of the molecule is Fc1cc(I)cc(I)c1Oc1ccc([S+](c2ccccc2)c2ccccc2)cc1. The van der Waals surface area contributed by atoms with E-state index < -0.39 is 0 Å². The summed E-state index contributed by atoms with van der Waals surface area (Å²) < 4.78 is 21.8. The molecular formula is C24H16FI2OS+. The van der Waals surface area contributed by atoms with E-state index in [1.165, 1.54) is 20.8 Å². The summed E-state index contributed by atoms with van der Waals surface area (Å²) in [5.74, 6) is 0.541. The van der Waals surface area contributed by atoms with E-state index in [1.807, 2.05) is 30.3 Å². The van der Waals surface area contributed by atoms with Gasteiger partial charge in [-0.3, -0.25) is 0 Å². The maximum absolute atomic E-state index is 14.3. The van der Waals surface area contributed by atoms with Crippen LogP contribution in [-0.2, 0) is 10.9 Å². The standard InChI is InChI=1S/C24H16FI2OS/c25-22-15-17(26)16-23(27)24(22)28-18-11-13-21(14-12-18)29(19-7-3-1-4-8-19)20-9-5-2-6-10-20/h1-16H/q+1. The Morgan fingerprint density at radius 3 is 1.69 bits per heavy atom. The van der Waals surface area contributed by atoms with Gasteiger partial charge in [0.1, 0.15) is 5.75 Å². The van der Waals surface area contributed by atoms with Gasteiger partial charge in [0.05, 0.1) is 14.5 Å². The van der Waals surface area contributed by atoms with Crippen LogP contribution in [0.1, 0.15) is 0 Å². The van der Waals surface area contributed by atoms with Crippen LogP contribution in [0.2, 0.25) is 0 Å². The quantitative estimate of drug-likeness (QED) is 0.162. The van der Waals surface area contributed by atoms with Gasteiger partial charge in [0.15, 0.2) is 26.3 Å². The van der Waals surface area contributed by atoms with Crippen molar-refractivity contribution >= 4 is 56.1 Å². The minimum Gasteiger partial charge on any atom is -0.453 e. The van der Waals surface area contributed by atoms with Gasteiger partial charge in [0.25, 0.3) is 0 Å². The van der Waals surface area contributed by atoms with Crippen LogP contribution in [0, 0.1) is 13.0 Å². The molecule has 0 fully saturated rings. The molecule has 0 radical (unpaired) electrons. The second-order valence-electron chi connectivity index (χ2n) is 6.20. The normalized spacial score (nSPS) is 10.9. The van der Waals surface area contributed by atoms with E-state index >= 15 is 0 Å². The molecule has 0 saturated heterocycles. The highest BCUT2D eigenvalue weighted by molar-refractivity contribution is 14.1. The summed E-state index contributed by atoms with van der Waals surface area (Å²) in [4.78, 5) is 3.70. The minimum absolute atomic E-state index is 0.213. The molecule has 0 atom stereocenters. The Morgan fingerprint density at radius 1 is 0.655 bits per heavy atom. The first-order valence-electron chi connectivity index (χ1n) is 8.89. The first-order chi connectivity index (χ1) is 14.1. The summed E-state index contributed by atoms with van der Waals surface area (Å²) in [6, 6.07) is 32.3. The number of benzene rings is 4. The van der Waals surface area contributed by atoms with E-state index in [1.54, 1.807) is 0 Å². The molecule has 4 rings (SSSR count). The molecule has 4 aromatic rings. The third-order valence-corrected chi connectivity index (χ3v) is 7.86. The van der Waals surface area contributed by atoms with E-state index in [-0.39, 0.29) is 22.5 Å². The van der Waals surface area contributed by atoms with Crippen LogP contribution in [0.5, 0.6) is 11.5 Å². The molecule has 0 unspecified atom stereocenters. The summed E-state index contributed by atoms with van der Waals surface area (Å²) in [6.45, 7) is 0. The van der Waals surface area contributed by atoms with Crippen molar-refractivity contribution < 1.29 is 9.13 Å². The fraction of sp³-hybridized carbons (Fsp3) is 0. The second kappa shape index (κ2) is 9.49. The van der Waals surface area contributed by atoms with Crippen molar-refractivity contribution in [3.63, 3.8) is 0 Å². The fourth-order valence-electron chi connectivity index (χ4n) is 2.91. The van der Waals surface area contributed by atoms with E-state index in [0.717, 1.165) is 7.14 Å². The Labute approximate surface area is 199 Å². The van der Waals surface area contributed by atoms with Crippen molar-refractivity contribution in [2.45, 2.75) is 14.7 Å². The van der Waals surface area contributed by atoms with Gasteiger partial charge in [-0.1, -0.05) is 36.4 Å². The largest absolute Gasteiger partial charge is 0.453 e. The highest BCUT2D eigenvalue weighted by Crippen LogP contribution is 2.34. The Bertz CT molecular complexity index is 1040. The Hall–Kier alpha value is -1.58. The Balaban J connectivity index is 1.67. The summed E-state index contributed by atoms with van der Waals surface area (Å²) >= 11 is 4.20. The molecule has 144 valence electrons. The molecule has 5 heteroatoms. The molecule has 29 heavy (non-hydrogen) atoms. The van der Waals surface area contributed by atoms with Crippen LogP contribution < -0.4 is 4.74 Å². The zero-order valence-corrected chi connectivity index (χ0v) is 20.3. The molecule has 0 aliphatic rings. The van der Waals surface area contributed by atoms with Crippen molar-refractivity contribution in [3.8, 4) is 11.5 Å². The zero-order valence-electron chi connectivity index (χ0n) is 15.2. The molecule has 0 N–H and O–H groups in total. The molecule has 1 nitrogen and oxygen atoms in total. The van der Waals surface area contributed by atoms with Gasteiger partial charge < -0.3 is 4.74 Å². The van der Waals surface area contributed by atoms with Gasteiger partial charge in [-0.25, -0.2) is 4.39 Å². The van der Waals surface area contributed by atoms with Crippen LogP contribution in [-0.4, -0.2) is 0 Å². The molecule has 0 amide bonds. The van der Waals surface area contributed by atoms with Crippen LogP contribution in [0.25, 0.3) is 0 Å². The number of halogens is 3. The summed E-state index contributed by atoms with van der Waals surface area (Å²) in [6.07, 6.45) is 0. The van der Waals surface area contributed by atoms with Gasteiger partial charge in [-0.05, 0) is 106 Å². The van der Waals surface area contributed by atoms with Crippen molar-refractivity contribution in [1.29, 1.82) is 0 Å². The minimum atomic E-state index is -0.348. The number of rotatable bonds is 5. The first kappa shape index (κ1) is 20.7. The lowest BCUT2D eigenvalue weighted by Crippen LogP contribution is -2.04. The molecular weight excluding hydrogens is 609 g/mol. The van der Waals surface area contributed by atoms with Gasteiger partial charge in [-0.2, -0.15) is 0 Å². The Kier molecular flexibility index (Phi) is 6.77. The van der Waals surface area contributed by atoms with Crippen LogP contribution in [0.15, 0.2) is 112 Å². The lowest BCUT2D eigenvalue weighted by atomic mass is 10.3. The lowest BCUT2D eigenvalue weighted by Gasteiger charge is -2.11. The summed E-state index contributed by atoms with van der Waals surface area (Å²) in [7, 11) is -0.213. The second-order valence-corrected chi connectivity index (χ2v) is 10.6. The van der Waals surface area contributed by atoms with Gasteiger partial charge in [0.2, 0.25) is 0 Å². The van der Waals surface area contributed by atoms with Crippen molar-refractivity contribution in [2.75, 3.05) is 0 Å². The monoisotopic (exact) mass is 625 g/mol. The average Bonchev–Trinajstić information content (AvgIpc) is 2.73. The summed E-state index contributed by atoms with van der Waals surface area (Å²) in [5, 5.41) is 0. The molecule has 4 aromatic carbocycles. The topological polar surface area (TPSA) is 9.23 Å². The first-order valence-corrected chi connectivity index (χ1v) is 12.3. The van der Waals surface area contributed by atoms with Gasteiger partial charge in [0, 0.05) is 3.57 Å². The van der Waals surface area contributed by atoms with Crippen molar-refractivity contribution in [3.05, 3.63) is 110 Å². The van der Waals surface area contributed by atoms with E-state index in [0.29, 0.717) is 5.75 Å². The van der Waals surface area contributed by atoms with E-state index in [2.05, 4.69) is 106 Å². The molecule has 0 aromatic heterocycles. The fourth-order valence-corrected chi connectivity index (χ4v) is 6.88. The summed E-state index contributed by atoms with van der Waals surface area (Å²) in [5.41, 5.74) is 0. The smallest absolute Gasteiger partial charge is 0.176 e. The zero-order chi connectivity index (χ0) is 20.2. The lowest BCUT2D eigenvalue weighted by molar-refractivity contribution is 0.438. The van der Waals surface area contributed by atoms with E-state index in [4.69, 9.17) is 4.74 Å². The van der Waals surface area contributed by atoms with Crippen molar-refractivity contribution in [2.24, 2.45) is 0 Å². The average molecular weight is 625 g/mol. The maximum Gasteiger partial charge on any atom is 0.176 e. The van der Waals surface area contributed by atoms with Crippen LogP contribution in [0.3, 0.4) is 0 Å². The maximum atomic E-state index is 14.3. The highest BCUT2D eigenvalue weighted by Gasteiger charge is 2.28. The number of ether oxygens (including phenoxy) is 1. The predicted octanol–water partition coefficient (Wildman–Crippen LogP) is 7.92. The highest BCUT2D eigenvalue weighted by atomic mass is 127. The molecule has 0 saturated carbocycles. The Morgan fingerprint density at radius 2 is 1.17 bits per heavy atom.